The van der Waals surface area contributed by atoms with Gasteiger partial charge in [-0.25, -0.2) is 0 Å². The van der Waals surface area contributed by atoms with E-state index in [0.29, 0.717) is 6.04 Å². The second-order valence-corrected chi connectivity index (χ2v) is 6.22. The molecular weight excluding hydrogens is 268 g/mol. The van der Waals surface area contributed by atoms with Crippen LogP contribution in [-0.4, -0.2) is 17.5 Å². The molecule has 1 N–H and O–H groups in total. The Balaban J connectivity index is 1.74. The molecule has 1 unspecified atom stereocenters. The maximum atomic E-state index is 4.17. The van der Waals surface area contributed by atoms with E-state index in [4.69, 9.17) is 0 Å². The van der Waals surface area contributed by atoms with Gasteiger partial charge in [-0.2, -0.15) is 0 Å². The number of rotatable bonds is 4. The van der Waals surface area contributed by atoms with E-state index in [2.05, 4.69) is 79.2 Å². The maximum absolute atomic E-state index is 4.17. The topological polar surface area (TPSA) is 15.3 Å². The number of aryl methyl sites for hydroxylation is 2. The molecule has 1 heterocycles. The van der Waals surface area contributed by atoms with Crippen LogP contribution in [0.15, 0.2) is 60.9 Å². The molecule has 0 aliphatic carbocycles. The van der Waals surface area contributed by atoms with Gasteiger partial charge in [-0.3, -0.25) is 0 Å². The van der Waals surface area contributed by atoms with Gasteiger partial charge in [0.15, 0.2) is 0 Å². The quantitative estimate of drug-likeness (QED) is 0.922. The average molecular weight is 292 g/mol. The number of nitrogens with zero attached hydrogens (tertiary/aromatic N) is 1. The Hall–Kier alpha value is -2.22. The first-order valence-corrected chi connectivity index (χ1v) is 7.93. The Kier molecular flexibility index (Phi) is 4.19. The molecule has 1 aliphatic heterocycles. The molecule has 1 saturated heterocycles. The highest BCUT2D eigenvalue weighted by Gasteiger charge is 2.26. The molecule has 1 atom stereocenters. The Labute approximate surface area is 133 Å². The Morgan fingerprint density at radius 2 is 1.82 bits per heavy atom. The lowest BCUT2D eigenvalue weighted by atomic mass is 10.0. The van der Waals surface area contributed by atoms with Crippen LogP contribution in [0.25, 0.3) is 0 Å². The van der Waals surface area contributed by atoms with Gasteiger partial charge in [0.1, 0.15) is 0 Å². The van der Waals surface area contributed by atoms with Crippen LogP contribution in [0.4, 0.5) is 0 Å². The summed E-state index contributed by atoms with van der Waals surface area (Å²) >= 11 is 0. The zero-order valence-electron chi connectivity index (χ0n) is 13.5. The minimum absolute atomic E-state index is 0.467. The summed E-state index contributed by atoms with van der Waals surface area (Å²) in [5.41, 5.74) is 5.47. The summed E-state index contributed by atoms with van der Waals surface area (Å²) in [6, 6.07) is 17.9. The fourth-order valence-corrected chi connectivity index (χ4v) is 3.06. The molecule has 2 heteroatoms. The van der Waals surface area contributed by atoms with Gasteiger partial charge in [-0.05, 0) is 42.5 Å². The third-order valence-electron chi connectivity index (χ3n) is 4.57. The molecule has 22 heavy (non-hydrogen) atoms. The third-order valence-corrected chi connectivity index (χ3v) is 4.57. The molecule has 2 aromatic rings. The van der Waals surface area contributed by atoms with Crippen molar-refractivity contribution in [3.8, 4) is 0 Å². The molecule has 0 spiro atoms. The van der Waals surface area contributed by atoms with Crippen LogP contribution >= 0.6 is 0 Å². The first kappa shape index (κ1) is 14.7. The third kappa shape index (κ3) is 3.16. The molecule has 0 bridgehead atoms. The van der Waals surface area contributed by atoms with Crippen molar-refractivity contribution in [2.24, 2.45) is 0 Å². The van der Waals surface area contributed by atoms with E-state index in [0.717, 1.165) is 25.3 Å². The predicted molar refractivity (Wildman–Crippen MR) is 92.5 cm³/mol. The minimum atomic E-state index is 0.467. The molecular formula is C20H24N2. The van der Waals surface area contributed by atoms with E-state index < -0.39 is 0 Å². The maximum Gasteiger partial charge on any atom is 0.0945 e. The molecule has 0 aromatic heterocycles. The van der Waals surface area contributed by atoms with Crippen molar-refractivity contribution in [1.29, 1.82) is 0 Å². The van der Waals surface area contributed by atoms with Crippen molar-refractivity contribution >= 4 is 0 Å². The zero-order chi connectivity index (χ0) is 15.5. The van der Waals surface area contributed by atoms with Crippen LogP contribution in [0.3, 0.4) is 0 Å². The lowest BCUT2D eigenvalue weighted by Crippen LogP contribution is -2.31. The van der Waals surface area contributed by atoms with Crippen molar-refractivity contribution in [2.75, 3.05) is 6.54 Å². The number of nitrogens with one attached hydrogen (secondary N) is 1. The SMILES string of the molecule is C=C1NCC(Cc2ccc(C)c(C)c2)N1Cc1ccccc1. The average Bonchev–Trinajstić information content (AvgIpc) is 2.85. The lowest BCUT2D eigenvalue weighted by Gasteiger charge is -2.26. The molecule has 0 saturated carbocycles. The number of benzene rings is 2. The second kappa shape index (κ2) is 6.27. The normalized spacial score (nSPS) is 17.6. The van der Waals surface area contributed by atoms with Gasteiger partial charge >= 0.3 is 0 Å². The highest BCUT2D eigenvalue weighted by atomic mass is 15.3. The number of hydrogen-bond acceptors (Lipinski definition) is 2. The molecule has 1 aliphatic rings. The highest BCUT2D eigenvalue weighted by molar-refractivity contribution is 5.31. The Morgan fingerprint density at radius 3 is 2.55 bits per heavy atom. The second-order valence-electron chi connectivity index (χ2n) is 6.22. The molecule has 2 nitrogen and oxygen atoms in total. The van der Waals surface area contributed by atoms with Crippen molar-refractivity contribution in [3.05, 3.63) is 83.2 Å². The van der Waals surface area contributed by atoms with E-state index in [9.17, 15) is 0 Å². The summed E-state index contributed by atoms with van der Waals surface area (Å²) in [4.78, 5) is 2.39. The molecule has 0 radical (unpaired) electrons. The fourth-order valence-electron chi connectivity index (χ4n) is 3.06. The van der Waals surface area contributed by atoms with E-state index in [1.807, 2.05) is 0 Å². The molecule has 3 rings (SSSR count). The van der Waals surface area contributed by atoms with Gasteiger partial charge in [-0.1, -0.05) is 55.1 Å². The van der Waals surface area contributed by atoms with Gasteiger partial charge in [0.2, 0.25) is 0 Å². The fraction of sp³-hybridized carbons (Fsp3) is 0.300. The van der Waals surface area contributed by atoms with Crippen molar-refractivity contribution in [3.63, 3.8) is 0 Å². The van der Waals surface area contributed by atoms with Crippen molar-refractivity contribution < 1.29 is 0 Å². The monoisotopic (exact) mass is 292 g/mol. The first-order chi connectivity index (χ1) is 10.6. The minimum Gasteiger partial charge on any atom is -0.370 e. The largest absolute Gasteiger partial charge is 0.370 e. The highest BCUT2D eigenvalue weighted by Crippen LogP contribution is 2.21. The Morgan fingerprint density at radius 1 is 1.05 bits per heavy atom. The van der Waals surface area contributed by atoms with Gasteiger partial charge in [-0.15, -0.1) is 0 Å². The van der Waals surface area contributed by atoms with E-state index >= 15 is 0 Å². The summed E-state index contributed by atoms with van der Waals surface area (Å²) < 4.78 is 0. The van der Waals surface area contributed by atoms with E-state index in [1.165, 1.54) is 22.3 Å². The summed E-state index contributed by atoms with van der Waals surface area (Å²) in [6.45, 7) is 10.4. The van der Waals surface area contributed by atoms with E-state index in [1.54, 1.807) is 0 Å². The van der Waals surface area contributed by atoms with Crippen LogP contribution in [0.2, 0.25) is 0 Å². The predicted octanol–water partition coefficient (Wildman–Crippen LogP) is 3.79. The summed E-state index contributed by atoms with van der Waals surface area (Å²) in [6.07, 6.45) is 1.06. The van der Waals surface area contributed by atoms with Gasteiger partial charge in [0.05, 0.1) is 11.9 Å². The van der Waals surface area contributed by atoms with Crippen molar-refractivity contribution in [2.45, 2.75) is 32.9 Å². The van der Waals surface area contributed by atoms with Crippen LogP contribution < -0.4 is 5.32 Å². The summed E-state index contributed by atoms with van der Waals surface area (Å²) in [5.74, 6) is 1.04. The molecule has 114 valence electrons. The summed E-state index contributed by atoms with van der Waals surface area (Å²) in [5, 5.41) is 3.42. The first-order valence-electron chi connectivity index (χ1n) is 7.93. The van der Waals surface area contributed by atoms with Crippen LogP contribution in [0.1, 0.15) is 22.3 Å². The van der Waals surface area contributed by atoms with Gasteiger partial charge in [0, 0.05) is 13.1 Å². The molecule has 0 amide bonds. The zero-order valence-corrected chi connectivity index (χ0v) is 13.5. The van der Waals surface area contributed by atoms with E-state index in [-0.39, 0.29) is 0 Å². The van der Waals surface area contributed by atoms with Gasteiger partial charge in [0.25, 0.3) is 0 Å². The van der Waals surface area contributed by atoms with Gasteiger partial charge < -0.3 is 10.2 Å². The van der Waals surface area contributed by atoms with Crippen molar-refractivity contribution in [1.82, 2.24) is 10.2 Å². The Bertz CT molecular complexity index is 661. The molecule has 1 fully saturated rings. The van der Waals surface area contributed by atoms with Crippen LogP contribution in [0, 0.1) is 13.8 Å². The summed E-state index contributed by atoms with van der Waals surface area (Å²) in [7, 11) is 0. The van der Waals surface area contributed by atoms with Crippen LogP contribution in [-0.2, 0) is 13.0 Å². The van der Waals surface area contributed by atoms with Crippen LogP contribution in [0.5, 0.6) is 0 Å². The lowest BCUT2D eigenvalue weighted by molar-refractivity contribution is 0.293. The standard InChI is InChI=1S/C20H24N2/c1-15-9-10-19(11-16(15)2)12-20-13-21-17(3)22(20)14-18-7-5-4-6-8-18/h4-11,20-21H,3,12-14H2,1-2H3. The number of hydrogen-bond donors (Lipinski definition) is 1. The smallest absolute Gasteiger partial charge is 0.0945 e. The molecule has 2 aromatic carbocycles.